The normalized spacial score (nSPS) is 12.4. The summed E-state index contributed by atoms with van der Waals surface area (Å²) >= 11 is 4.99. The number of carbonyl (C=O) groups is 1. The zero-order chi connectivity index (χ0) is 16.8. The maximum atomic E-state index is 12.3. The van der Waals surface area contributed by atoms with E-state index in [2.05, 4.69) is 31.3 Å². The number of hydrogen-bond acceptors (Lipinski definition) is 4. The predicted molar refractivity (Wildman–Crippen MR) is 98.4 cm³/mol. The fraction of sp³-hybridized carbons (Fsp3) is 0.118. The number of hydrogen-bond donors (Lipinski definition) is 1. The maximum Gasteiger partial charge on any atom is 0.244 e. The van der Waals surface area contributed by atoms with Crippen LogP contribution in [-0.2, 0) is 11.3 Å². The second-order valence-corrected chi connectivity index (χ2v) is 7.56. The van der Waals surface area contributed by atoms with Gasteiger partial charge in [-0.1, -0.05) is 30.3 Å². The molecule has 1 atom stereocenters. The van der Waals surface area contributed by atoms with Crippen LogP contribution in [0.15, 0.2) is 65.0 Å². The molecule has 7 heteroatoms. The summed E-state index contributed by atoms with van der Waals surface area (Å²) in [5, 5.41) is 7.15. The third kappa shape index (κ3) is 4.62. The van der Waals surface area contributed by atoms with Crippen molar-refractivity contribution in [3.8, 4) is 0 Å². The van der Waals surface area contributed by atoms with Crippen molar-refractivity contribution in [1.82, 2.24) is 20.1 Å². The zero-order valence-corrected chi connectivity index (χ0v) is 15.1. The van der Waals surface area contributed by atoms with E-state index in [1.807, 2.05) is 48.5 Å². The minimum absolute atomic E-state index is 0.145. The van der Waals surface area contributed by atoms with E-state index in [-0.39, 0.29) is 11.9 Å². The van der Waals surface area contributed by atoms with Crippen molar-refractivity contribution in [2.24, 2.45) is 0 Å². The smallest absolute Gasteiger partial charge is 0.244 e. The number of rotatable bonds is 6. The van der Waals surface area contributed by atoms with Crippen LogP contribution in [0.3, 0.4) is 0 Å². The highest BCUT2D eigenvalue weighted by Gasteiger charge is 2.14. The van der Waals surface area contributed by atoms with E-state index in [4.69, 9.17) is 0 Å². The number of nitrogens with one attached hydrogen (secondary N) is 1. The molecule has 0 aliphatic heterocycles. The van der Waals surface area contributed by atoms with E-state index < -0.39 is 0 Å². The first-order chi connectivity index (χ1) is 11.7. The molecule has 0 spiro atoms. The van der Waals surface area contributed by atoms with Crippen LogP contribution in [0.1, 0.15) is 16.5 Å². The Morgan fingerprint density at radius 3 is 2.79 bits per heavy atom. The molecule has 3 aromatic rings. The topological polar surface area (TPSA) is 59.8 Å². The number of benzene rings is 1. The van der Waals surface area contributed by atoms with Gasteiger partial charge < -0.3 is 5.32 Å². The highest BCUT2D eigenvalue weighted by molar-refractivity contribution is 9.11. The van der Waals surface area contributed by atoms with Crippen LogP contribution in [-0.4, -0.2) is 20.7 Å². The van der Waals surface area contributed by atoms with Crippen LogP contribution in [0.2, 0.25) is 0 Å². The molecule has 0 fully saturated rings. The molecule has 3 rings (SSSR count). The quantitative estimate of drug-likeness (QED) is 0.639. The highest BCUT2D eigenvalue weighted by Crippen LogP contribution is 2.23. The molecule has 1 aromatic carbocycles. The molecule has 0 saturated carbocycles. The van der Waals surface area contributed by atoms with E-state index >= 15 is 0 Å². The third-order valence-electron chi connectivity index (χ3n) is 3.35. The summed E-state index contributed by atoms with van der Waals surface area (Å²) in [5.41, 5.74) is 1.02. The Morgan fingerprint density at radius 1 is 1.29 bits per heavy atom. The summed E-state index contributed by atoms with van der Waals surface area (Å²) in [6.07, 6.45) is 6.48. The van der Waals surface area contributed by atoms with Crippen molar-refractivity contribution >= 4 is 39.2 Å². The number of thiophene rings is 1. The van der Waals surface area contributed by atoms with E-state index in [0.717, 1.165) is 14.2 Å². The van der Waals surface area contributed by atoms with Crippen LogP contribution in [0.4, 0.5) is 0 Å². The van der Waals surface area contributed by atoms with Crippen molar-refractivity contribution in [3.63, 3.8) is 0 Å². The van der Waals surface area contributed by atoms with Crippen molar-refractivity contribution < 1.29 is 4.79 Å². The molecule has 2 heterocycles. The summed E-state index contributed by atoms with van der Waals surface area (Å²) in [6.45, 7) is 0.522. The molecular formula is C17H15BrN4OS. The molecule has 24 heavy (non-hydrogen) atoms. The maximum absolute atomic E-state index is 12.3. The average Bonchev–Trinajstić information content (AvgIpc) is 3.25. The Bertz CT molecular complexity index is 814. The van der Waals surface area contributed by atoms with E-state index in [1.54, 1.807) is 28.4 Å². The summed E-state index contributed by atoms with van der Waals surface area (Å²) in [5.74, 6) is -0.145. The van der Waals surface area contributed by atoms with E-state index in [9.17, 15) is 4.79 Å². The fourth-order valence-corrected chi connectivity index (χ4v) is 3.56. The van der Waals surface area contributed by atoms with Crippen LogP contribution in [0, 0.1) is 0 Å². The lowest BCUT2D eigenvalue weighted by Gasteiger charge is -2.18. The third-order valence-corrected chi connectivity index (χ3v) is 4.94. The van der Waals surface area contributed by atoms with Gasteiger partial charge in [0.15, 0.2) is 0 Å². The van der Waals surface area contributed by atoms with Gasteiger partial charge in [0, 0.05) is 11.0 Å². The van der Waals surface area contributed by atoms with Gasteiger partial charge in [-0.2, -0.15) is 5.10 Å². The van der Waals surface area contributed by atoms with Gasteiger partial charge >= 0.3 is 0 Å². The number of nitrogens with zero attached hydrogens (tertiary/aromatic N) is 3. The van der Waals surface area contributed by atoms with Crippen molar-refractivity contribution in [3.05, 3.63) is 75.4 Å². The van der Waals surface area contributed by atoms with Crippen LogP contribution in [0.25, 0.3) is 6.08 Å². The van der Waals surface area contributed by atoms with Gasteiger partial charge in [0.2, 0.25) is 5.91 Å². The molecule has 0 radical (unpaired) electrons. The number of aromatic nitrogens is 3. The average molecular weight is 403 g/mol. The molecule has 0 saturated heterocycles. The minimum Gasteiger partial charge on any atom is -0.344 e. The Kier molecular flexibility index (Phi) is 5.55. The zero-order valence-electron chi connectivity index (χ0n) is 12.7. The predicted octanol–water partition coefficient (Wildman–Crippen LogP) is 3.67. The largest absolute Gasteiger partial charge is 0.344 e. The van der Waals surface area contributed by atoms with E-state index in [0.29, 0.717) is 6.54 Å². The first-order valence-corrected chi connectivity index (χ1v) is 8.93. The van der Waals surface area contributed by atoms with E-state index in [1.165, 1.54) is 6.33 Å². The van der Waals surface area contributed by atoms with Crippen LogP contribution < -0.4 is 5.32 Å². The summed E-state index contributed by atoms with van der Waals surface area (Å²) < 4.78 is 2.74. The molecule has 0 bridgehead atoms. The summed E-state index contributed by atoms with van der Waals surface area (Å²) in [7, 11) is 0. The monoisotopic (exact) mass is 402 g/mol. The summed E-state index contributed by atoms with van der Waals surface area (Å²) in [6, 6.07) is 13.6. The van der Waals surface area contributed by atoms with Crippen molar-refractivity contribution in [2.75, 3.05) is 0 Å². The fourth-order valence-electron chi connectivity index (χ4n) is 2.23. The first kappa shape index (κ1) is 16.6. The SMILES string of the molecule is O=C(/C=C/c1ccc(Br)s1)NC(Cn1cncn1)c1ccccc1. The molecule has 1 unspecified atom stereocenters. The van der Waals surface area contributed by atoms with Gasteiger partial charge in [0.1, 0.15) is 12.7 Å². The lowest BCUT2D eigenvalue weighted by Crippen LogP contribution is -2.30. The lowest BCUT2D eigenvalue weighted by atomic mass is 10.1. The molecule has 5 nitrogen and oxygen atoms in total. The molecule has 1 N–H and O–H groups in total. The number of amides is 1. The highest BCUT2D eigenvalue weighted by atomic mass is 79.9. The second-order valence-electron chi connectivity index (χ2n) is 5.06. The van der Waals surface area contributed by atoms with Gasteiger partial charge in [-0.25, -0.2) is 4.98 Å². The standard InChI is InChI=1S/C17H15BrN4OS/c18-16-8-6-14(24-16)7-9-17(23)21-15(10-22-12-19-11-20-22)13-4-2-1-3-5-13/h1-9,11-12,15H,10H2,(H,21,23)/b9-7+. The van der Waals surface area contributed by atoms with Gasteiger partial charge in [-0.05, 0) is 39.7 Å². The van der Waals surface area contributed by atoms with Gasteiger partial charge in [0.05, 0.1) is 16.4 Å². The molecule has 0 aliphatic carbocycles. The molecule has 2 aromatic heterocycles. The van der Waals surface area contributed by atoms with Crippen LogP contribution >= 0.6 is 27.3 Å². The van der Waals surface area contributed by atoms with Gasteiger partial charge in [-0.3, -0.25) is 9.48 Å². The Morgan fingerprint density at radius 2 is 2.12 bits per heavy atom. The van der Waals surface area contributed by atoms with Crippen LogP contribution in [0.5, 0.6) is 0 Å². The number of carbonyl (C=O) groups excluding carboxylic acids is 1. The Labute approximate surface area is 152 Å². The Hall–Kier alpha value is -2.25. The van der Waals surface area contributed by atoms with Gasteiger partial charge in [0.25, 0.3) is 0 Å². The van der Waals surface area contributed by atoms with Crippen molar-refractivity contribution in [2.45, 2.75) is 12.6 Å². The van der Waals surface area contributed by atoms with Gasteiger partial charge in [-0.15, -0.1) is 11.3 Å². The molecule has 1 amide bonds. The summed E-state index contributed by atoms with van der Waals surface area (Å²) in [4.78, 5) is 17.3. The minimum atomic E-state index is -0.180. The first-order valence-electron chi connectivity index (χ1n) is 7.32. The second kappa shape index (κ2) is 8.03. The van der Waals surface area contributed by atoms with Crippen molar-refractivity contribution in [1.29, 1.82) is 0 Å². The molecule has 0 aliphatic rings. The lowest BCUT2D eigenvalue weighted by molar-refractivity contribution is -0.117. The number of halogens is 1. The molecule has 122 valence electrons. The molecular weight excluding hydrogens is 388 g/mol. The Balaban J connectivity index is 1.71.